The van der Waals surface area contributed by atoms with Crippen LogP contribution in [0.2, 0.25) is 0 Å². The molecule has 1 nitrogen and oxygen atoms in total. The molecule has 0 fully saturated rings. The molecule has 0 aromatic heterocycles. The summed E-state index contributed by atoms with van der Waals surface area (Å²) in [6.45, 7) is 1.89. The molecule has 1 atom stereocenters. The number of rotatable bonds is 3. The van der Waals surface area contributed by atoms with Crippen LogP contribution in [0.1, 0.15) is 19.8 Å². The lowest BCUT2D eigenvalue weighted by atomic mass is 10.2. The minimum Gasteiger partial charge on any atom is -0.317 e. The highest BCUT2D eigenvalue weighted by Crippen LogP contribution is 2.19. The van der Waals surface area contributed by atoms with E-state index < -0.39 is 12.2 Å². The van der Waals surface area contributed by atoms with Gasteiger partial charge in [-0.2, -0.15) is 13.2 Å². The SMILES string of the molecule is CCC/C=C/C(N)C(F)(F)F. The summed E-state index contributed by atoms with van der Waals surface area (Å²) < 4.78 is 35.1. The van der Waals surface area contributed by atoms with Gasteiger partial charge >= 0.3 is 6.18 Å². The van der Waals surface area contributed by atoms with Crippen LogP contribution in [-0.4, -0.2) is 12.2 Å². The number of halogens is 3. The molecule has 66 valence electrons. The molecule has 0 aliphatic carbocycles. The Kier molecular flexibility index (Phi) is 4.18. The van der Waals surface area contributed by atoms with E-state index in [1.165, 1.54) is 6.08 Å². The summed E-state index contributed by atoms with van der Waals surface area (Å²) >= 11 is 0. The quantitative estimate of drug-likeness (QED) is 0.641. The van der Waals surface area contributed by atoms with E-state index >= 15 is 0 Å². The lowest BCUT2D eigenvalue weighted by Crippen LogP contribution is -2.35. The molecule has 0 spiro atoms. The van der Waals surface area contributed by atoms with Gasteiger partial charge in [0.2, 0.25) is 0 Å². The summed E-state index contributed by atoms with van der Waals surface area (Å²) in [5.74, 6) is 0. The van der Waals surface area contributed by atoms with Crippen LogP contribution in [0.25, 0.3) is 0 Å². The van der Waals surface area contributed by atoms with E-state index in [2.05, 4.69) is 0 Å². The summed E-state index contributed by atoms with van der Waals surface area (Å²) in [6.07, 6.45) is -0.378. The van der Waals surface area contributed by atoms with Gasteiger partial charge in [0, 0.05) is 0 Å². The van der Waals surface area contributed by atoms with Crippen molar-refractivity contribution >= 4 is 0 Å². The third-order valence-electron chi connectivity index (χ3n) is 1.18. The first-order valence-electron chi connectivity index (χ1n) is 3.47. The van der Waals surface area contributed by atoms with Gasteiger partial charge in [-0.05, 0) is 6.42 Å². The topological polar surface area (TPSA) is 26.0 Å². The maximum atomic E-state index is 11.7. The van der Waals surface area contributed by atoms with E-state index in [9.17, 15) is 13.2 Å². The lowest BCUT2D eigenvalue weighted by molar-refractivity contribution is -0.136. The Bertz CT molecular complexity index is 128. The lowest BCUT2D eigenvalue weighted by Gasteiger charge is -2.10. The van der Waals surface area contributed by atoms with E-state index in [-0.39, 0.29) is 0 Å². The highest BCUT2D eigenvalue weighted by molar-refractivity contribution is 4.94. The zero-order valence-electron chi connectivity index (χ0n) is 6.36. The number of unbranched alkanes of at least 4 members (excludes halogenated alkanes) is 1. The van der Waals surface area contributed by atoms with Gasteiger partial charge in [-0.1, -0.05) is 25.5 Å². The monoisotopic (exact) mass is 167 g/mol. The van der Waals surface area contributed by atoms with Gasteiger partial charge in [0.25, 0.3) is 0 Å². The first-order valence-corrected chi connectivity index (χ1v) is 3.47. The molecule has 0 aliphatic heterocycles. The van der Waals surface area contributed by atoms with Crippen molar-refractivity contribution in [1.29, 1.82) is 0 Å². The molecule has 0 aromatic rings. The highest BCUT2D eigenvalue weighted by Gasteiger charge is 2.34. The van der Waals surface area contributed by atoms with Crippen molar-refractivity contribution in [2.45, 2.75) is 32.0 Å². The zero-order valence-corrected chi connectivity index (χ0v) is 6.36. The summed E-state index contributed by atoms with van der Waals surface area (Å²) in [7, 11) is 0. The molecule has 0 radical (unpaired) electrons. The first-order chi connectivity index (χ1) is 4.98. The number of alkyl halides is 3. The first kappa shape index (κ1) is 10.5. The highest BCUT2D eigenvalue weighted by atomic mass is 19.4. The second-order valence-corrected chi connectivity index (χ2v) is 2.28. The normalized spacial score (nSPS) is 15.7. The van der Waals surface area contributed by atoms with Gasteiger partial charge in [-0.25, -0.2) is 0 Å². The number of hydrogen-bond donors (Lipinski definition) is 1. The van der Waals surface area contributed by atoms with Crippen molar-refractivity contribution in [3.63, 3.8) is 0 Å². The molecule has 2 N–H and O–H groups in total. The minimum atomic E-state index is -4.30. The molecular formula is C7H12F3N. The van der Waals surface area contributed by atoms with Gasteiger partial charge in [0.05, 0.1) is 0 Å². The number of hydrogen-bond acceptors (Lipinski definition) is 1. The molecule has 0 saturated carbocycles. The predicted molar refractivity (Wildman–Crippen MR) is 38.1 cm³/mol. The van der Waals surface area contributed by atoms with Crippen LogP contribution in [0.4, 0.5) is 13.2 Å². The molecule has 0 bridgehead atoms. The van der Waals surface area contributed by atoms with Crippen molar-refractivity contribution in [2.24, 2.45) is 5.73 Å². The van der Waals surface area contributed by atoms with E-state index in [1.54, 1.807) is 0 Å². The maximum Gasteiger partial charge on any atom is 0.407 e. The summed E-state index contributed by atoms with van der Waals surface area (Å²) in [5, 5.41) is 0. The average Bonchev–Trinajstić information content (AvgIpc) is 1.86. The van der Waals surface area contributed by atoms with Crippen LogP contribution in [0, 0.1) is 0 Å². The number of allylic oxidation sites excluding steroid dienone is 1. The second-order valence-electron chi connectivity index (χ2n) is 2.28. The molecule has 11 heavy (non-hydrogen) atoms. The van der Waals surface area contributed by atoms with E-state index in [0.29, 0.717) is 6.42 Å². The maximum absolute atomic E-state index is 11.7. The van der Waals surface area contributed by atoms with E-state index in [1.807, 2.05) is 6.92 Å². The van der Waals surface area contributed by atoms with Crippen LogP contribution in [-0.2, 0) is 0 Å². The smallest absolute Gasteiger partial charge is 0.317 e. The fourth-order valence-corrected chi connectivity index (χ4v) is 0.519. The van der Waals surface area contributed by atoms with Crippen LogP contribution < -0.4 is 5.73 Å². The van der Waals surface area contributed by atoms with Crippen LogP contribution in [0.5, 0.6) is 0 Å². The molecular weight excluding hydrogens is 155 g/mol. The number of nitrogens with two attached hydrogens (primary N) is 1. The van der Waals surface area contributed by atoms with E-state index in [4.69, 9.17) is 5.73 Å². The van der Waals surface area contributed by atoms with Crippen LogP contribution >= 0.6 is 0 Å². The van der Waals surface area contributed by atoms with Gasteiger partial charge in [-0.3, -0.25) is 0 Å². The van der Waals surface area contributed by atoms with Gasteiger partial charge in [0.1, 0.15) is 6.04 Å². The largest absolute Gasteiger partial charge is 0.407 e. The molecule has 0 amide bonds. The Morgan fingerprint density at radius 3 is 2.36 bits per heavy atom. The molecule has 0 heterocycles. The fourth-order valence-electron chi connectivity index (χ4n) is 0.519. The van der Waals surface area contributed by atoms with Crippen LogP contribution in [0.15, 0.2) is 12.2 Å². The van der Waals surface area contributed by atoms with Crippen molar-refractivity contribution in [3.8, 4) is 0 Å². The Morgan fingerprint density at radius 1 is 1.45 bits per heavy atom. The molecule has 0 aromatic carbocycles. The molecule has 0 aliphatic rings. The zero-order chi connectivity index (χ0) is 8.91. The third-order valence-corrected chi connectivity index (χ3v) is 1.18. The van der Waals surface area contributed by atoms with Crippen molar-refractivity contribution in [2.75, 3.05) is 0 Å². The van der Waals surface area contributed by atoms with Gasteiger partial charge < -0.3 is 5.73 Å². The Hall–Kier alpha value is -0.510. The van der Waals surface area contributed by atoms with Gasteiger partial charge in [-0.15, -0.1) is 0 Å². The van der Waals surface area contributed by atoms with Crippen molar-refractivity contribution in [3.05, 3.63) is 12.2 Å². The standard InChI is InChI=1S/C7H12F3N/c1-2-3-4-5-6(11)7(8,9)10/h4-6H,2-3,11H2,1H3/b5-4+. The van der Waals surface area contributed by atoms with Crippen molar-refractivity contribution in [1.82, 2.24) is 0 Å². The average molecular weight is 167 g/mol. The summed E-state index contributed by atoms with van der Waals surface area (Å²) in [6, 6.07) is -1.81. The van der Waals surface area contributed by atoms with E-state index in [0.717, 1.165) is 12.5 Å². The Morgan fingerprint density at radius 2 is 2.00 bits per heavy atom. The molecule has 0 saturated heterocycles. The van der Waals surface area contributed by atoms with Gasteiger partial charge in [0.15, 0.2) is 0 Å². The molecule has 1 unspecified atom stereocenters. The third kappa shape index (κ3) is 4.84. The fraction of sp³-hybridized carbons (Fsp3) is 0.714. The summed E-state index contributed by atoms with van der Waals surface area (Å²) in [5.41, 5.74) is 4.78. The Balaban J connectivity index is 3.77. The molecule has 4 heteroatoms. The molecule has 0 rings (SSSR count). The van der Waals surface area contributed by atoms with Crippen LogP contribution in [0.3, 0.4) is 0 Å². The Labute approximate surface area is 64.1 Å². The summed E-state index contributed by atoms with van der Waals surface area (Å²) in [4.78, 5) is 0. The predicted octanol–water partition coefficient (Wildman–Crippen LogP) is 2.23. The van der Waals surface area contributed by atoms with Crippen molar-refractivity contribution < 1.29 is 13.2 Å². The minimum absolute atomic E-state index is 0.643. The second kappa shape index (κ2) is 4.38.